The molecule has 0 aliphatic heterocycles. The molecule has 0 aliphatic carbocycles. The molecule has 0 saturated carbocycles. The van der Waals surface area contributed by atoms with Crippen molar-refractivity contribution in [1.29, 1.82) is 0 Å². The molecule has 0 radical (unpaired) electrons. The summed E-state index contributed by atoms with van der Waals surface area (Å²) in [7, 11) is 0. The van der Waals surface area contributed by atoms with Crippen molar-refractivity contribution in [3.05, 3.63) is 206 Å². The maximum atomic E-state index is 13.8. The first-order chi connectivity index (χ1) is 31.3. The quantitative estimate of drug-likeness (QED) is 0.0260. The number of halogens is 9. The number of hydrogen-bond acceptors (Lipinski definition) is 7. The van der Waals surface area contributed by atoms with Gasteiger partial charge in [0, 0.05) is 11.1 Å². The van der Waals surface area contributed by atoms with E-state index in [0.717, 1.165) is 22.3 Å². The zero-order chi connectivity index (χ0) is 50.4. The van der Waals surface area contributed by atoms with Gasteiger partial charge in [-0.1, -0.05) is 102 Å². The summed E-state index contributed by atoms with van der Waals surface area (Å²) in [4.78, 5) is 0. The minimum atomic E-state index is -5.72. The Morgan fingerprint density at radius 1 is 0.647 bits per heavy atom. The number of fused-ring (bicyclic) bond motifs is 2. The molecule has 0 aliphatic rings. The van der Waals surface area contributed by atoms with E-state index in [9.17, 15) is 39.5 Å². The second kappa shape index (κ2) is 24.6. The number of hydrazone groups is 2. The summed E-state index contributed by atoms with van der Waals surface area (Å²) in [5.74, 6) is 8.32. The van der Waals surface area contributed by atoms with Crippen molar-refractivity contribution in [1.82, 2.24) is 10.2 Å². The van der Waals surface area contributed by atoms with Crippen LogP contribution in [-0.2, 0) is 38.6 Å². The Bertz CT molecular complexity index is 2770. The van der Waals surface area contributed by atoms with Crippen molar-refractivity contribution in [3.63, 3.8) is 0 Å². The summed E-state index contributed by atoms with van der Waals surface area (Å²) in [6.45, 7) is 29.8. The number of nitrogens with two attached hydrogens (primary N) is 2. The molecule has 4 aromatic carbocycles. The minimum Gasteiger partial charge on any atom is -0.436 e. The molecular weight excluding hydrogens is 1080 g/mol. The van der Waals surface area contributed by atoms with Crippen molar-refractivity contribution >= 4 is 33.0 Å². The van der Waals surface area contributed by atoms with Gasteiger partial charge in [0.1, 0.15) is 5.75 Å². The second-order valence-corrected chi connectivity index (χ2v) is 14.5. The molecular formula is C51H46F9IrN6O. The number of ether oxygens (including phenoxy) is 1. The molecule has 358 valence electrons. The van der Waals surface area contributed by atoms with Crippen LogP contribution in [0.2, 0.25) is 0 Å². The Morgan fingerprint density at radius 3 is 1.49 bits per heavy atom. The SMILES string of the molecule is C=C/C=C(C)/C=C(C)/C(=N\N)C(=C)[CH2-].C=C/C=C(C)/C=C(C)/C(=N\N)C(=C)[CH2-].FC(F)(F)c1cc(C(F)(F)F)c(C(F)(F)F)cc1Oc1nnc(-c2[c-]cccc2)c2cc3ccccc3cc12.[Ir+3]. The number of allylic oxidation sites excluding steroid dienone is 12. The third-order valence-electron chi connectivity index (χ3n) is 9.14. The number of rotatable bonds is 11. The Hall–Kier alpha value is -7.10. The summed E-state index contributed by atoms with van der Waals surface area (Å²) in [5, 5.41) is 16.8. The van der Waals surface area contributed by atoms with Crippen LogP contribution in [-0.4, -0.2) is 21.6 Å². The van der Waals surface area contributed by atoms with Crippen molar-refractivity contribution in [2.75, 3.05) is 0 Å². The van der Waals surface area contributed by atoms with Crippen LogP contribution >= 0.6 is 0 Å². The molecule has 4 N–H and O–H groups in total. The first kappa shape index (κ1) is 57.0. The molecule has 0 atom stereocenters. The first-order valence-corrected chi connectivity index (χ1v) is 19.6. The molecule has 5 aromatic rings. The predicted molar refractivity (Wildman–Crippen MR) is 250 cm³/mol. The molecule has 0 bridgehead atoms. The van der Waals surface area contributed by atoms with Crippen LogP contribution < -0.4 is 16.4 Å². The Labute approximate surface area is 402 Å². The normalized spacial score (nSPS) is 13.1. The third-order valence-corrected chi connectivity index (χ3v) is 9.14. The number of alkyl halides is 9. The van der Waals surface area contributed by atoms with Crippen molar-refractivity contribution < 1.29 is 64.4 Å². The Morgan fingerprint density at radius 2 is 1.09 bits per heavy atom. The Balaban J connectivity index is 0.000000452. The van der Waals surface area contributed by atoms with Gasteiger partial charge < -0.3 is 16.4 Å². The first-order valence-electron chi connectivity index (χ1n) is 19.6. The summed E-state index contributed by atoms with van der Waals surface area (Å²) >= 11 is 0. The van der Waals surface area contributed by atoms with E-state index in [0.29, 0.717) is 44.3 Å². The van der Waals surface area contributed by atoms with Gasteiger partial charge in [0.05, 0.1) is 16.7 Å². The largest absolute Gasteiger partial charge is 3.00 e. The van der Waals surface area contributed by atoms with Crippen molar-refractivity contribution in [2.45, 2.75) is 46.2 Å². The zero-order valence-corrected chi connectivity index (χ0v) is 39.6. The van der Waals surface area contributed by atoms with Crippen molar-refractivity contribution in [3.8, 4) is 22.9 Å². The van der Waals surface area contributed by atoms with Crippen LogP contribution in [0.3, 0.4) is 0 Å². The standard InChI is InChI=1S/C27H12F9N2O.2C12H17N2.Ir/c28-25(29,30)19-12-21(27(34,35)36)22(13-20(19)26(31,32)33)39-24-18-11-16-9-5-4-8-15(16)10-17(18)23(37-38-24)14-6-2-1-3-7-14;2*1-6-7-10(4)8-11(5)12(14-13)9(2)3;/h1-6,8-13H;2*6-8H,1-3,13H2,4-5H3;/q3*-1;+3/b;2*10-7+,11-8+,14-12-;. The number of nitrogens with zero attached hydrogens (tertiary/aromatic N) is 4. The molecule has 7 nitrogen and oxygen atoms in total. The fraction of sp³-hybridized carbons (Fsp3) is 0.137. The summed E-state index contributed by atoms with van der Waals surface area (Å²) in [6.07, 6.45) is -5.64. The third kappa shape index (κ3) is 15.5. The van der Waals surface area contributed by atoms with Gasteiger partial charge in [-0.15, -0.1) is 41.0 Å². The molecule has 0 fully saturated rings. The van der Waals surface area contributed by atoms with Gasteiger partial charge in [-0.2, -0.15) is 82.8 Å². The molecule has 0 saturated heterocycles. The maximum absolute atomic E-state index is 13.8. The molecule has 68 heavy (non-hydrogen) atoms. The van der Waals surface area contributed by atoms with Crippen LogP contribution in [0.5, 0.6) is 11.6 Å². The van der Waals surface area contributed by atoms with E-state index in [-0.39, 0.29) is 37.3 Å². The average Bonchev–Trinajstić information content (AvgIpc) is 3.23. The molecule has 0 amide bonds. The number of benzene rings is 4. The van der Waals surface area contributed by atoms with Gasteiger partial charge in [-0.05, 0) is 73.5 Å². The van der Waals surface area contributed by atoms with E-state index < -0.39 is 52.9 Å². The van der Waals surface area contributed by atoms with E-state index in [1.807, 2.05) is 52.0 Å². The minimum absolute atomic E-state index is 0. The maximum Gasteiger partial charge on any atom is 3.00 e. The van der Waals surface area contributed by atoms with Gasteiger partial charge in [0.25, 0.3) is 0 Å². The molecule has 1 aromatic heterocycles. The van der Waals surface area contributed by atoms with E-state index >= 15 is 0 Å². The number of aromatic nitrogens is 2. The van der Waals surface area contributed by atoms with Crippen molar-refractivity contribution in [2.24, 2.45) is 21.9 Å². The molecule has 0 spiro atoms. The molecule has 0 unspecified atom stereocenters. The topological polar surface area (TPSA) is 112 Å². The fourth-order valence-electron chi connectivity index (χ4n) is 6.32. The Kier molecular flexibility index (Phi) is 20.6. The zero-order valence-electron chi connectivity index (χ0n) is 37.2. The van der Waals surface area contributed by atoms with Gasteiger partial charge >= 0.3 is 38.6 Å². The van der Waals surface area contributed by atoms with Crippen LogP contribution in [0.25, 0.3) is 32.8 Å². The number of hydrogen-bond donors (Lipinski definition) is 2. The van der Waals surface area contributed by atoms with Gasteiger partial charge in [-0.3, -0.25) is 0 Å². The molecule has 5 rings (SSSR count). The molecule has 1 heterocycles. The van der Waals surface area contributed by atoms with Crippen LogP contribution in [0.4, 0.5) is 39.5 Å². The van der Waals surface area contributed by atoms with Crippen LogP contribution in [0.1, 0.15) is 44.4 Å². The van der Waals surface area contributed by atoms with E-state index in [2.05, 4.69) is 66.6 Å². The van der Waals surface area contributed by atoms with E-state index in [1.54, 1.807) is 66.7 Å². The summed E-state index contributed by atoms with van der Waals surface area (Å²) < 4.78 is 127. The fourth-order valence-corrected chi connectivity index (χ4v) is 6.32. The van der Waals surface area contributed by atoms with E-state index in [1.165, 1.54) is 6.07 Å². The predicted octanol–water partition coefficient (Wildman–Crippen LogP) is 14.6. The van der Waals surface area contributed by atoms with Gasteiger partial charge in [0.2, 0.25) is 5.88 Å². The van der Waals surface area contributed by atoms with Gasteiger partial charge in [0.15, 0.2) is 0 Å². The molecule has 17 heteroatoms. The van der Waals surface area contributed by atoms with E-state index in [4.69, 9.17) is 16.4 Å². The van der Waals surface area contributed by atoms with Crippen LogP contribution in [0, 0.1) is 19.9 Å². The van der Waals surface area contributed by atoms with Crippen LogP contribution in [0.15, 0.2) is 179 Å². The monoisotopic (exact) mass is 1120 g/mol. The second-order valence-electron chi connectivity index (χ2n) is 14.5. The summed E-state index contributed by atoms with van der Waals surface area (Å²) in [5.41, 5.74) is 0.404. The van der Waals surface area contributed by atoms with Gasteiger partial charge in [-0.25, -0.2) is 10.2 Å². The summed E-state index contributed by atoms with van der Waals surface area (Å²) in [6, 6.07) is 18.6. The average molecular weight is 1120 g/mol. The smallest absolute Gasteiger partial charge is 0.436 e.